The Balaban J connectivity index is 2.33. The topological polar surface area (TPSA) is 46.0 Å². The molecular weight excluding hydrogens is 224 g/mol. The number of halogens is 1. The number of rotatable bonds is 0. The summed E-state index contributed by atoms with van der Waals surface area (Å²) in [6.45, 7) is 0. The predicted molar refractivity (Wildman–Crippen MR) is 61.0 cm³/mol. The quantitative estimate of drug-likeness (QED) is 0.710. The molecule has 0 saturated heterocycles. The average Bonchev–Trinajstić information content (AvgIpc) is 2.36. The van der Waals surface area contributed by atoms with Gasteiger partial charge in [0.2, 0.25) is 0 Å². The number of aliphatic hydroxyl groups is 1. The summed E-state index contributed by atoms with van der Waals surface area (Å²) in [6, 6.07) is 7.31. The van der Waals surface area contributed by atoms with Crippen molar-refractivity contribution in [2.75, 3.05) is 0 Å². The number of hydrogen-bond acceptors (Lipinski definition) is 3. The molecule has 1 N–H and O–H groups in total. The van der Waals surface area contributed by atoms with Crippen molar-refractivity contribution in [1.29, 1.82) is 0 Å². The van der Waals surface area contributed by atoms with Gasteiger partial charge in [-0.25, -0.2) is 0 Å². The van der Waals surface area contributed by atoms with Crippen LogP contribution in [0.15, 0.2) is 36.7 Å². The molecule has 1 aliphatic rings. The summed E-state index contributed by atoms with van der Waals surface area (Å²) < 4.78 is 0. The van der Waals surface area contributed by atoms with Crippen LogP contribution < -0.4 is 0 Å². The van der Waals surface area contributed by atoms with Crippen LogP contribution >= 0.6 is 11.6 Å². The molecule has 0 fully saturated rings. The van der Waals surface area contributed by atoms with Gasteiger partial charge in [-0.3, -0.25) is 9.97 Å². The van der Waals surface area contributed by atoms with E-state index < -0.39 is 11.5 Å². The van der Waals surface area contributed by atoms with E-state index in [1.165, 1.54) is 0 Å². The van der Waals surface area contributed by atoms with Crippen LogP contribution in [0.4, 0.5) is 0 Å². The van der Waals surface area contributed by atoms with Crippen molar-refractivity contribution < 1.29 is 5.11 Å². The molecule has 0 radical (unpaired) electrons. The first-order valence-electron chi connectivity index (χ1n) is 5.01. The third-order valence-electron chi connectivity index (χ3n) is 2.80. The number of alkyl halides is 1. The number of aliphatic hydroxyl groups excluding tert-OH is 1. The molecule has 0 aliphatic heterocycles. The largest absolute Gasteiger partial charge is 0.386 e. The fraction of sp³-hybridized carbons (Fsp3) is 0.167. The predicted octanol–water partition coefficient (Wildman–Crippen LogP) is 2.47. The van der Waals surface area contributed by atoms with Crippen LogP contribution in [0.2, 0.25) is 0 Å². The van der Waals surface area contributed by atoms with Crippen LogP contribution in [0.25, 0.3) is 11.4 Å². The molecule has 1 aliphatic carbocycles. The standard InChI is InChI=1S/C12H9ClN2O/c13-9-7-3-1-5-14-10(7)11-8(12(9)16)4-2-6-15-11/h1-6,9,12,16H/t9-,12-/m1/s1. The molecule has 80 valence electrons. The minimum Gasteiger partial charge on any atom is -0.386 e. The minimum atomic E-state index is -0.720. The molecule has 0 saturated carbocycles. The summed E-state index contributed by atoms with van der Waals surface area (Å²) in [7, 11) is 0. The van der Waals surface area contributed by atoms with Gasteiger partial charge in [0.25, 0.3) is 0 Å². The Bertz CT molecular complexity index is 495. The Labute approximate surface area is 97.7 Å². The van der Waals surface area contributed by atoms with Crippen molar-refractivity contribution in [2.24, 2.45) is 0 Å². The molecule has 0 unspecified atom stereocenters. The van der Waals surface area contributed by atoms with E-state index in [2.05, 4.69) is 9.97 Å². The van der Waals surface area contributed by atoms with E-state index in [4.69, 9.17) is 11.6 Å². The van der Waals surface area contributed by atoms with E-state index in [-0.39, 0.29) is 0 Å². The van der Waals surface area contributed by atoms with Gasteiger partial charge in [-0.15, -0.1) is 11.6 Å². The Morgan fingerprint density at radius 3 is 2.25 bits per heavy atom. The zero-order valence-corrected chi connectivity index (χ0v) is 9.09. The van der Waals surface area contributed by atoms with Crippen molar-refractivity contribution >= 4 is 11.6 Å². The average molecular weight is 233 g/mol. The lowest BCUT2D eigenvalue weighted by atomic mass is 9.90. The van der Waals surface area contributed by atoms with Gasteiger partial charge in [-0.2, -0.15) is 0 Å². The van der Waals surface area contributed by atoms with Crippen molar-refractivity contribution in [2.45, 2.75) is 11.5 Å². The van der Waals surface area contributed by atoms with E-state index in [9.17, 15) is 5.11 Å². The van der Waals surface area contributed by atoms with Crippen molar-refractivity contribution in [3.05, 3.63) is 47.8 Å². The maximum Gasteiger partial charge on any atom is 0.102 e. The first kappa shape index (κ1) is 9.75. The number of hydrogen-bond donors (Lipinski definition) is 1. The highest BCUT2D eigenvalue weighted by molar-refractivity contribution is 6.22. The molecule has 2 aromatic rings. The summed E-state index contributed by atoms with van der Waals surface area (Å²) in [5, 5.41) is 9.62. The molecule has 3 nitrogen and oxygen atoms in total. The second-order valence-corrected chi connectivity index (χ2v) is 4.20. The van der Waals surface area contributed by atoms with Gasteiger partial charge in [0.15, 0.2) is 0 Å². The summed E-state index contributed by atoms with van der Waals surface area (Å²) in [4.78, 5) is 8.55. The highest BCUT2D eigenvalue weighted by Crippen LogP contribution is 2.45. The molecule has 3 rings (SSSR count). The van der Waals surface area contributed by atoms with E-state index in [0.717, 1.165) is 22.5 Å². The Kier molecular flexibility index (Phi) is 2.16. The van der Waals surface area contributed by atoms with Gasteiger partial charge in [-0.05, 0) is 12.1 Å². The summed E-state index contributed by atoms with van der Waals surface area (Å²) in [5.41, 5.74) is 3.07. The molecule has 2 atom stereocenters. The van der Waals surface area contributed by atoms with Crippen LogP contribution in [-0.4, -0.2) is 15.1 Å². The highest BCUT2D eigenvalue weighted by atomic mass is 35.5. The fourth-order valence-corrected chi connectivity index (χ4v) is 2.33. The van der Waals surface area contributed by atoms with Gasteiger partial charge in [0.1, 0.15) is 6.10 Å². The van der Waals surface area contributed by atoms with Crippen molar-refractivity contribution in [3.63, 3.8) is 0 Å². The zero-order chi connectivity index (χ0) is 11.1. The van der Waals surface area contributed by atoms with Crippen molar-refractivity contribution in [1.82, 2.24) is 9.97 Å². The van der Waals surface area contributed by atoms with Crippen LogP contribution in [-0.2, 0) is 0 Å². The maximum absolute atomic E-state index is 10.1. The third kappa shape index (κ3) is 1.25. The second-order valence-electron chi connectivity index (χ2n) is 3.73. The number of nitrogens with zero attached hydrogens (tertiary/aromatic N) is 2. The lowest BCUT2D eigenvalue weighted by Crippen LogP contribution is -2.15. The Morgan fingerprint density at radius 2 is 1.56 bits per heavy atom. The fourth-order valence-electron chi connectivity index (χ4n) is 2.02. The van der Waals surface area contributed by atoms with Crippen LogP contribution in [0.3, 0.4) is 0 Å². The SMILES string of the molecule is O[C@@H]1c2cccnc2-c2ncccc2[C@H]1Cl. The lowest BCUT2D eigenvalue weighted by molar-refractivity contribution is 0.170. The molecule has 0 aromatic carbocycles. The molecule has 4 heteroatoms. The summed E-state index contributed by atoms with van der Waals surface area (Å²) in [5.74, 6) is 0. The summed E-state index contributed by atoms with van der Waals surface area (Å²) >= 11 is 6.21. The van der Waals surface area contributed by atoms with Gasteiger partial charge < -0.3 is 5.11 Å². The normalized spacial score (nSPS) is 22.4. The smallest absolute Gasteiger partial charge is 0.102 e. The third-order valence-corrected chi connectivity index (χ3v) is 3.27. The number of fused-ring (bicyclic) bond motifs is 3. The first-order chi connectivity index (χ1) is 7.79. The monoisotopic (exact) mass is 232 g/mol. The molecule has 0 amide bonds. The summed E-state index contributed by atoms with van der Waals surface area (Å²) in [6.07, 6.45) is 2.68. The first-order valence-corrected chi connectivity index (χ1v) is 5.45. The number of aromatic nitrogens is 2. The Hall–Kier alpha value is -1.45. The van der Waals surface area contributed by atoms with E-state index in [0.29, 0.717) is 0 Å². The molecule has 0 spiro atoms. The van der Waals surface area contributed by atoms with Gasteiger partial charge in [-0.1, -0.05) is 12.1 Å². The van der Waals surface area contributed by atoms with Crippen molar-refractivity contribution in [3.8, 4) is 11.4 Å². The highest BCUT2D eigenvalue weighted by Gasteiger charge is 2.32. The lowest BCUT2D eigenvalue weighted by Gasteiger charge is -2.26. The van der Waals surface area contributed by atoms with E-state index in [1.54, 1.807) is 18.5 Å². The number of pyridine rings is 2. The maximum atomic E-state index is 10.1. The molecule has 2 heterocycles. The van der Waals surface area contributed by atoms with Crippen LogP contribution in [0.1, 0.15) is 22.6 Å². The van der Waals surface area contributed by atoms with Crippen LogP contribution in [0.5, 0.6) is 0 Å². The Morgan fingerprint density at radius 1 is 1.00 bits per heavy atom. The molecule has 16 heavy (non-hydrogen) atoms. The van der Waals surface area contributed by atoms with Gasteiger partial charge in [0.05, 0.1) is 16.8 Å². The van der Waals surface area contributed by atoms with Crippen LogP contribution in [0, 0.1) is 0 Å². The zero-order valence-electron chi connectivity index (χ0n) is 8.34. The van der Waals surface area contributed by atoms with Gasteiger partial charge >= 0.3 is 0 Å². The molecule has 0 bridgehead atoms. The van der Waals surface area contributed by atoms with E-state index >= 15 is 0 Å². The van der Waals surface area contributed by atoms with Gasteiger partial charge in [0, 0.05) is 23.5 Å². The van der Waals surface area contributed by atoms with E-state index in [1.807, 2.05) is 18.2 Å². The molecular formula is C12H9ClN2O. The second kappa shape index (κ2) is 3.54. The molecule has 2 aromatic heterocycles. The minimum absolute atomic E-state index is 0.458.